The van der Waals surface area contributed by atoms with Gasteiger partial charge in [0.25, 0.3) is 0 Å². The Bertz CT molecular complexity index is 153. The Balaban J connectivity index is 0. The van der Waals surface area contributed by atoms with E-state index in [-0.39, 0.29) is 59.1 Å². The molecule has 0 atom stereocenters. The van der Waals surface area contributed by atoms with Crippen LogP contribution in [0.2, 0.25) is 10.0 Å². The zero-order valence-corrected chi connectivity index (χ0v) is 11.6. The van der Waals surface area contributed by atoms with Crippen molar-refractivity contribution in [3.8, 4) is 0 Å². The van der Waals surface area contributed by atoms with Crippen molar-refractivity contribution in [2.45, 2.75) is 0 Å². The summed E-state index contributed by atoms with van der Waals surface area (Å²) in [5, 5.41) is 1.43. The molecule has 0 aliphatic carbocycles. The molecule has 0 aliphatic rings. The molecular formula is C6H4Cl2Na2+2. The predicted molar refractivity (Wildman–Crippen MR) is 36.5 cm³/mol. The van der Waals surface area contributed by atoms with Gasteiger partial charge >= 0.3 is 59.1 Å². The topological polar surface area (TPSA) is 0 Å². The van der Waals surface area contributed by atoms with Crippen molar-refractivity contribution in [1.82, 2.24) is 0 Å². The van der Waals surface area contributed by atoms with Crippen LogP contribution in [-0.2, 0) is 0 Å². The third-order valence-electron chi connectivity index (χ3n) is 0.804. The van der Waals surface area contributed by atoms with Gasteiger partial charge in [-0.1, -0.05) is 23.2 Å². The van der Waals surface area contributed by atoms with E-state index in [1.165, 1.54) is 0 Å². The summed E-state index contributed by atoms with van der Waals surface area (Å²) in [6.45, 7) is 0. The Hall–Kier alpha value is 1.80. The molecule has 10 heavy (non-hydrogen) atoms. The Labute approximate surface area is 115 Å². The molecule has 0 bridgehead atoms. The van der Waals surface area contributed by atoms with Gasteiger partial charge < -0.3 is 0 Å². The van der Waals surface area contributed by atoms with Crippen LogP contribution in [0, 0.1) is 0 Å². The number of hydrogen-bond donors (Lipinski definition) is 0. The van der Waals surface area contributed by atoms with Crippen molar-refractivity contribution in [1.29, 1.82) is 0 Å². The van der Waals surface area contributed by atoms with Gasteiger partial charge in [-0.05, 0) is 24.3 Å². The second-order valence-corrected chi connectivity index (χ2v) is 2.31. The van der Waals surface area contributed by atoms with Gasteiger partial charge in [-0.2, -0.15) is 0 Å². The van der Waals surface area contributed by atoms with Gasteiger partial charge in [0.2, 0.25) is 0 Å². The SMILES string of the molecule is Clc1ccc(Cl)cc1.[Na+].[Na+]. The Kier molecular flexibility index (Phi) is 10.7. The summed E-state index contributed by atoms with van der Waals surface area (Å²) in [6, 6.07) is 7.02. The maximum absolute atomic E-state index is 5.55. The molecule has 4 heteroatoms. The van der Waals surface area contributed by atoms with E-state index in [9.17, 15) is 0 Å². The smallest absolute Gasteiger partial charge is 0.0843 e. The van der Waals surface area contributed by atoms with Crippen LogP contribution in [-0.4, -0.2) is 0 Å². The molecular weight excluding hydrogens is 189 g/mol. The Morgan fingerprint density at radius 1 is 0.700 bits per heavy atom. The molecule has 1 aromatic rings. The fourth-order valence-electron chi connectivity index (χ4n) is 0.430. The van der Waals surface area contributed by atoms with Crippen LogP contribution in [0.25, 0.3) is 0 Å². The first-order chi connectivity index (χ1) is 3.79. The second-order valence-electron chi connectivity index (χ2n) is 1.44. The van der Waals surface area contributed by atoms with E-state index >= 15 is 0 Å². The molecule has 0 nitrogen and oxygen atoms in total. The zero-order valence-electron chi connectivity index (χ0n) is 6.07. The molecule has 0 unspecified atom stereocenters. The van der Waals surface area contributed by atoms with Crippen LogP contribution in [0.1, 0.15) is 0 Å². The molecule has 1 rings (SSSR count). The third-order valence-corrected chi connectivity index (χ3v) is 1.31. The molecule has 0 saturated heterocycles. The monoisotopic (exact) mass is 192 g/mol. The number of halogens is 2. The largest absolute Gasteiger partial charge is 1.00 e. The van der Waals surface area contributed by atoms with Crippen molar-refractivity contribution >= 4 is 23.2 Å². The van der Waals surface area contributed by atoms with Crippen molar-refractivity contribution in [3.63, 3.8) is 0 Å². The van der Waals surface area contributed by atoms with Crippen molar-refractivity contribution < 1.29 is 59.1 Å². The summed E-state index contributed by atoms with van der Waals surface area (Å²) >= 11 is 11.1. The molecule has 42 valence electrons. The number of hydrogen-bond acceptors (Lipinski definition) is 0. The second kappa shape index (κ2) is 7.45. The number of rotatable bonds is 0. The summed E-state index contributed by atoms with van der Waals surface area (Å²) in [5.74, 6) is 0. The molecule has 0 N–H and O–H groups in total. The Morgan fingerprint density at radius 3 is 1.10 bits per heavy atom. The van der Waals surface area contributed by atoms with E-state index in [1.807, 2.05) is 0 Å². The fraction of sp³-hybridized carbons (Fsp3) is 0. The minimum Gasteiger partial charge on any atom is -0.0843 e. The summed E-state index contributed by atoms with van der Waals surface area (Å²) in [5.41, 5.74) is 0. The normalized spacial score (nSPS) is 7.40. The average molecular weight is 193 g/mol. The average Bonchev–Trinajstić information content (AvgIpc) is 1.77. The van der Waals surface area contributed by atoms with Gasteiger partial charge in [-0.25, -0.2) is 0 Å². The van der Waals surface area contributed by atoms with E-state index in [4.69, 9.17) is 23.2 Å². The van der Waals surface area contributed by atoms with Gasteiger partial charge in [0, 0.05) is 10.0 Å². The van der Waals surface area contributed by atoms with Crippen molar-refractivity contribution in [2.75, 3.05) is 0 Å². The van der Waals surface area contributed by atoms with E-state index in [1.54, 1.807) is 24.3 Å². The maximum atomic E-state index is 5.55. The van der Waals surface area contributed by atoms with Gasteiger partial charge in [-0.3, -0.25) is 0 Å². The quantitative estimate of drug-likeness (QED) is 0.385. The van der Waals surface area contributed by atoms with Gasteiger partial charge in [-0.15, -0.1) is 0 Å². The minimum atomic E-state index is 0. The summed E-state index contributed by atoms with van der Waals surface area (Å²) < 4.78 is 0. The molecule has 1 aromatic carbocycles. The molecule has 0 aliphatic heterocycles. The first kappa shape index (κ1) is 14.3. The predicted octanol–water partition coefficient (Wildman–Crippen LogP) is -3.00. The van der Waals surface area contributed by atoms with Gasteiger partial charge in [0.15, 0.2) is 0 Å². The van der Waals surface area contributed by atoms with Crippen LogP contribution in [0.4, 0.5) is 0 Å². The van der Waals surface area contributed by atoms with E-state index in [0.29, 0.717) is 0 Å². The van der Waals surface area contributed by atoms with Crippen LogP contribution in [0.15, 0.2) is 24.3 Å². The molecule has 0 saturated carbocycles. The maximum Gasteiger partial charge on any atom is 1.00 e. The van der Waals surface area contributed by atoms with Gasteiger partial charge in [0.05, 0.1) is 0 Å². The zero-order chi connectivity index (χ0) is 5.98. The standard InChI is InChI=1S/C6H4Cl2.2Na/c7-5-1-2-6(8)4-3-5;;/h1-4H;;/q;2*+1. The molecule has 0 heterocycles. The first-order valence-electron chi connectivity index (χ1n) is 2.20. The summed E-state index contributed by atoms with van der Waals surface area (Å²) in [4.78, 5) is 0. The van der Waals surface area contributed by atoms with Crippen LogP contribution in [0.5, 0.6) is 0 Å². The molecule has 0 spiro atoms. The molecule has 0 aromatic heterocycles. The molecule has 0 amide bonds. The van der Waals surface area contributed by atoms with Crippen LogP contribution >= 0.6 is 23.2 Å². The van der Waals surface area contributed by atoms with Gasteiger partial charge in [0.1, 0.15) is 0 Å². The van der Waals surface area contributed by atoms with E-state index < -0.39 is 0 Å². The number of benzene rings is 1. The van der Waals surface area contributed by atoms with E-state index in [0.717, 1.165) is 10.0 Å². The third kappa shape index (κ3) is 5.45. The minimum absolute atomic E-state index is 0. The fourth-order valence-corrected chi connectivity index (χ4v) is 0.682. The summed E-state index contributed by atoms with van der Waals surface area (Å²) in [7, 11) is 0. The first-order valence-corrected chi connectivity index (χ1v) is 2.96. The van der Waals surface area contributed by atoms with Crippen LogP contribution in [0.3, 0.4) is 0 Å². The Morgan fingerprint density at radius 2 is 0.900 bits per heavy atom. The van der Waals surface area contributed by atoms with E-state index in [2.05, 4.69) is 0 Å². The van der Waals surface area contributed by atoms with Crippen molar-refractivity contribution in [2.24, 2.45) is 0 Å². The van der Waals surface area contributed by atoms with Crippen LogP contribution < -0.4 is 59.1 Å². The van der Waals surface area contributed by atoms with Crippen molar-refractivity contribution in [3.05, 3.63) is 34.3 Å². The molecule has 0 radical (unpaired) electrons. The summed E-state index contributed by atoms with van der Waals surface area (Å²) in [6.07, 6.45) is 0. The molecule has 0 fully saturated rings.